The monoisotopic (exact) mass is 373 g/mol. The first-order valence-electron chi connectivity index (χ1n) is 8.62. The Morgan fingerprint density at radius 3 is 2.54 bits per heavy atom. The molecule has 2 unspecified atom stereocenters. The molecule has 26 heavy (non-hydrogen) atoms. The van der Waals surface area contributed by atoms with E-state index in [4.69, 9.17) is 17.0 Å². The van der Waals surface area contributed by atoms with Gasteiger partial charge in [-0.15, -0.1) is 0 Å². The maximum Gasteiger partial charge on any atom is 0.323 e. The molecule has 2 aliphatic rings. The third-order valence-corrected chi connectivity index (χ3v) is 4.83. The van der Waals surface area contributed by atoms with Crippen LogP contribution in [0, 0.1) is 0 Å². The summed E-state index contributed by atoms with van der Waals surface area (Å²) in [5.74, 6) is 0.821. The zero-order chi connectivity index (χ0) is 18.7. The second-order valence-electron chi connectivity index (χ2n) is 5.90. The predicted octanol–water partition coefficient (Wildman–Crippen LogP) is 2.31. The van der Waals surface area contributed by atoms with Crippen molar-refractivity contribution in [2.24, 2.45) is 5.10 Å². The Morgan fingerprint density at radius 2 is 1.92 bits per heavy atom. The minimum atomic E-state index is -0.217. The van der Waals surface area contributed by atoms with Gasteiger partial charge in [-0.1, -0.05) is 18.2 Å². The molecule has 0 spiro atoms. The number of urea groups is 1. The second-order valence-corrected chi connectivity index (χ2v) is 6.29. The smallest absolute Gasteiger partial charge is 0.323 e. The van der Waals surface area contributed by atoms with Gasteiger partial charge >= 0.3 is 6.03 Å². The van der Waals surface area contributed by atoms with Crippen LogP contribution in [0.2, 0.25) is 0 Å². The van der Waals surface area contributed by atoms with E-state index in [1.807, 2.05) is 50.3 Å². The van der Waals surface area contributed by atoms with E-state index < -0.39 is 0 Å². The largest absolute Gasteiger partial charge is 0.497 e. The number of nitrogens with zero attached hydrogens (tertiary/aromatic N) is 4. The molecule has 0 aliphatic carbocycles. The molecule has 1 N–H and O–H groups in total. The fraction of sp³-hybridized carbons (Fsp3) is 0.389. The van der Waals surface area contributed by atoms with Gasteiger partial charge in [-0.3, -0.25) is 4.90 Å². The maximum absolute atomic E-state index is 12.5. The molecule has 2 atom stereocenters. The zero-order valence-corrected chi connectivity index (χ0v) is 15.9. The van der Waals surface area contributed by atoms with Crippen LogP contribution in [0.15, 0.2) is 35.4 Å². The Balaban J connectivity index is 1.71. The lowest BCUT2D eigenvalue weighted by Crippen LogP contribution is -2.43. The Labute approximate surface area is 158 Å². The van der Waals surface area contributed by atoms with Crippen molar-refractivity contribution in [3.63, 3.8) is 0 Å². The van der Waals surface area contributed by atoms with Gasteiger partial charge in [0.05, 0.1) is 7.11 Å². The van der Waals surface area contributed by atoms with Crippen molar-refractivity contribution in [3.05, 3.63) is 35.9 Å². The van der Waals surface area contributed by atoms with Crippen LogP contribution in [0.5, 0.6) is 5.75 Å². The Hall–Kier alpha value is -2.61. The number of allylic oxidation sites excluding steroid dienone is 1. The van der Waals surface area contributed by atoms with Crippen molar-refractivity contribution in [1.29, 1.82) is 0 Å². The first-order valence-corrected chi connectivity index (χ1v) is 9.03. The molecule has 0 saturated carbocycles. The Morgan fingerprint density at radius 1 is 1.23 bits per heavy atom. The van der Waals surface area contributed by atoms with E-state index >= 15 is 0 Å². The molecule has 2 heterocycles. The van der Waals surface area contributed by atoms with Gasteiger partial charge in [0, 0.05) is 19.3 Å². The first kappa shape index (κ1) is 18.2. The molecule has 2 amide bonds. The minimum Gasteiger partial charge on any atom is -0.497 e. The van der Waals surface area contributed by atoms with E-state index in [-0.39, 0.29) is 18.4 Å². The van der Waals surface area contributed by atoms with Crippen molar-refractivity contribution in [2.45, 2.75) is 26.2 Å². The molecular formula is C18H23N5O2S. The molecule has 3 rings (SSSR count). The van der Waals surface area contributed by atoms with Gasteiger partial charge in [-0.2, -0.15) is 5.10 Å². The Kier molecular flexibility index (Phi) is 5.41. The number of ether oxygens (including phenoxy) is 1. The summed E-state index contributed by atoms with van der Waals surface area (Å²) >= 11 is 5.40. The quantitative estimate of drug-likeness (QED) is 0.613. The fourth-order valence-corrected chi connectivity index (χ4v) is 3.49. The summed E-state index contributed by atoms with van der Waals surface area (Å²) in [4.78, 5) is 16.0. The third kappa shape index (κ3) is 3.24. The number of nitrogens with one attached hydrogen (secondary N) is 1. The lowest BCUT2D eigenvalue weighted by molar-refractivity contribution is 0.157. The number of likely N-dealkylation sites (N-methyl/N-ethyl adjacent to an activating group) is 2. The third-order valence-electron chi connectivity index (χ3n) is 4.52. The molecular weight excluding hydrogens is 350 g/mol. The number of hydrogen-bond donors (Lipinski definition) is 1. The van der Waals surface area contributed by atoms with Crippen molar-refractivity contribution in [1.82, 2.24) is 20.1 Å². The molecule has 0 radical (unpaired) electrons. The summed E-state index contributed by atoms with van der Waals surface area (Å²) in [5, 5.41) is 9.90. The predicted molar refractivity (Wildman–Crippen MR) is 106 cm³/mol. The van der Waals surface area contributed by atoms with Crippen LogP contribution in [-0.4, -0.2) is 64.7 Å². The maximum atomic E-state index is 12.5. The van der Waals surface area contributed by atoms with Crippen LogP contribution in [-0.2, 0) is 0 Å². The first-order chi connectivity index (χ1) is 12.6. The number of thiocarbonyl (C=S) groups is 1. The summed E-state index contributed by atoms with van der Waals surface area (Å²) in [6.07, 6.45) is 5.10. The normalized spacial score (nSPS) is 22.7. The van der Waals surface area contributed by atoms with E-state index in [1.165, 1.54) is 0 Å². The zero-order valence-electron chi connectivity index (χ0n) is 15.1. The summed E-state index contributed by atoms with van der Waals surface area (Å²) in [6.45, 7) is 5.15. The number of amides is 2. The van der Waals surface area contributed by atoms with Gasteiger partial charge in [0.2, 0.25) is 0 Å². The molecule has 2 saturated heterocycles. The Bertz CT molecular complexity index is 734. The van der Waals surface area contributed by atoms with Crippen LogP contribution in [0.3, 0.4) is 0 Å². The number of fused-ring (bicyclic) bond motifs is 1. The van der Waals surface area contributed by atoms with Gasteiger partial charge in [-0.25, -0.2) is 9.80 Å². The van der Waals surface area contributed by atoms with Crippen LogP contribution in [0.1, 0.15) is 19.4 Å². The fourth-order valence-electron chi connectivity index (χ4n) is 3.21. The van der Waals surface area contributed by atoms with E-state index in [9.17, 15) is 4.79 Å². The van der Waals surface area contributed by atoms with E-state index in [1.54, 1.807) is 28.1 Å². The van der Waals surface area contributed by atoms with Crippen LogP contribution >= 0.6 is 12.2 Å². The van der Waals surface area contributed by atoms with Crippen molar-refractivity contribution in [3.8, 4) is 5.75 Å². The number of carbonyl (C=O) groups excluding carboxylic acids is 1. The van der Waals surface area contributed by atoms with Gasteiger partial charge in [0.25, 0.3) is 0 Å². The summed E-state index contributed by atoms with van der Waals surface area (Å²) < 4.78 is 5.15. The highest BCUT2D eigenvalue weighted by Gasteiger charge is 2.53. The topological polar surface area (TPSA) is 60.4 Å². The lowest BCUT2D eigenvalue weighted by atomic mass is 10.2. The van der Waals surface area contributed by atoms with Crippen LogP contribution < -0.4 is 10.1 Å². The number of rotatable bonds is 6. The van der Waals surface area contributed by atoms with Crippen LogP contribution in [0.4, 0.5) is 4.79 Å². The lowest BCUT2D eigenvalue weighted by Gasteiger charge is -2.25. The van der Waals surface area contributed by atoms with Gasteiger partial charge in [0.1, 0.15) is 11.9 Å². The summed E-state index contributed by atoms with van der Waals surface area (Å²) in [7, 11) is 1.64. The minimum absolute atomic E-state index is 0.00831. The van der Waals surface area contributed by atoms with Gasteiger partial charge in [-0.05, 0) is 49.8 Å². The highest BCUT2D eigenvalue weighted by Crippen LogP contribution is 2.28. The molecule has 7 nitrogen and oxygen atoms in total. The SMILES string of the molecule is CCN1C(=O)N(CC)C2C1NC(=S)N2/N=C/C=C/c1ccc(OC)cc1. The molecule has 1 aromatic carbocycles. The second kappa shape index (κ2) is 7.74. The average molecular weight is 373 g/mol. The number of benzene rings is 1. The van der Waals surface area contributed by atoms with Crippen LogP contribution in [0.25, 0.3) is 6.08 Å². The van der Waals surface area contributed by atoms with E-state index in [0.29, 0.717) is 18.2 Å². The van der Waals surface area contributed by atoms with Gasteiger partial charge in [0.15, 0.2) is 11.3 Å². The summed E-state index contributed by atoms with van der Waals surface area (Å²) in [6, 6.07) is 7.76. The number of hydrogen-bond acceptors (Lipinski definition) is 4. The molecule has 8 heteroatoms. The van der Waals surface area contributed by atoms with E-state index in [0.717, 1.165) is 11.3 Å². The van der Waals surface area contributed by atoms with E-state index in [2.05, 4.69) is 10.4 Å². The molecule has 0 aromatic heterocycles. The summed E-state index contributed by atoms with van der Waals surface area (Å²) in [5.41, 5.74) is 1.04. The highest BCUT2D eigenvalue weighted by molar-refractivity contribution is 7.80. The average Bonchev–Trinajstić information content (AvgIpc) is 3.10. The number of methoxy groups -OCH3 is 1. The molecule has 2 fully saturated rings. The molecule has 0 bridgehead atoms. The number of carbonyl (C=O) groups is 1. The van der Waals surface area contributed by atoms with Crippen molar-refractivity contribution < 1.29 is 9.53 Å². The number of hydrazone groups is 1. The molecule has 2 aliphatic heterocycles. The van der Waals surface area contributed by atoms with Crippen molar-refractivity contribution >= 4 is 35.7 Å². The molecule has 138 valence electrons. The molecule has 1 aromatic rings. The van der Waals surface area contributed by atoms with Crippen molar-refractivity contribution in [2.75, 3.05) is 20.2 Å². The standard InChI is InChI=1S/C18H23N5O2S/c1-4-21-15-16(22(5-2)18(21)24)23(17(26)20-15)19-12-6-7-13-8-10-14(25-3)11-9-13/h6-12,15-16H,4-5H2,1-3H3,(H,20,26)/b7-6+,19-12+. The highest BCUT2D eigenvalue weighted by atomic mass is 32.1. The van der Waals surface area contributed by atoms with Gasteiger partial charge < -0.3 is 15.0 Å².